The van der Waals surface area contributed by atoms with Gasteiger partial charge in [0.2, 0.25) is 0 Å². The Morgan fingerprint density at radius 1 is 1.23 bits per heavy atom. The lowest BCUT2D eigenvalue weighted by atomic mass is 9.97. The summed E-state index contributed by atoms with van der Waals surface area (Å²) in [5, 5.41) is 9.11. The fourth-order valence-corrected chi connectivity index (χ4v) is 4.47. The zero-order valence-electron chi connectivity index (χ0n) is 17.9. The number of carbonyl (C=O) groups is 1. The predicted molar refractivity (Wildman–Crippen MR) is 117 cm³/mol. The van der Waals surface area contributed by atoms with Crippen LogP contribution >= 0.6 is 0 Å². The van der Waals surface area contributed by atoms with E-state index in [0.717, 1.165) is 53.2 Å². The van der Waals surface area contributed by atoms with Crippen molar-refractivity contribution in [3.63, 3.8) is 0 Å². The van der Waals surface area contributed by atoms with Crippen LogP contribution in [-0.2, 0) is 11.8 Å². The van der Waals surface area contributed by atoms with Crippen LogP contribution in [0, 0.1) is 0 Å². The highest BCUT2D eigenvalue weighted by Crippen LogP contribution is 2.34. The molecule has 2 aromatic heterocycles. The van der Waals surface area contributed by atoms with Crippen molar-refractivity contribution in [2.24, 2.45) is 7.05 Å². The maximum absolute atomic E-state index is 13.6. The van der Waals surface area contributed by atoms with Gasteiger partial charge in [0.15, 0.2) is 5.65 Å². The minimum absolute atomic E-state index is 0.0191. The van der Waals surface area contributed by atoms with Crippen LogP contribution in [0.2, 0.25) is 0 Å². The second kappa shape index (κ2) is 8.28. The van der Waals surface area contributed by atoms with Crippen molar-refractivity contribution in [1.29, 1.82) is 0 Å². The molecule has 0 saturated carbocycles. The van der Waals surface area contributed by atoms with Crippen molar-refractivity contribution < 1.29 is 14.3 Å². The van der Waals surface area contributed by atoms with Gasteiger partial charge in [0.1, 0.15) is 5.75 Å². The molecule has 1 amide bonds. The number of ether oxygens (including phenoxy) is 2. The Morgan fingerprint density at radius 2 is 2.00 bits per heavy atom. The van der Waals surface area contributed by atoms with Crippen molar-refractivity contribution in [1.82, 2.24) is 25.0 Å². The summed E-state index contributed by atoms with van der Waals surface area (Å²) < 4.78 is 12.5. The van der Waals surface area contributed by atoms with E-state index in [1.165, 1.54) is 0 Å². The molecule has 31 heavy (non-hydrogen) atoms. The van der Waals surface area contributed by atoms with E-state index in [2.05, 4.69) is 5.32 Å². The van der Waals surface area contributed by atoms with Gasteiger partial charge in [-0.15, -0.1) is 0 Å². The third kappa shape index (κ3) is 3.66. The Hall–Kier alpha value is -2.97. The van der Waals surface area contributed by atoms with Crippen molar-refractivity contribution in [2.75, 3.05) is 46.5 Å². The summed E-state index contributed by atoms with van der Waals surface area (Å²) in [7, 11) is 3.55. The molecule has 8 heteroatoms. The molecule has 1 unspecified atom stereocenters. The Morgan fingerprint density at radius 3 is 2.68 bits per heavy atom. The zero-order chi connectivity index (χ0) is 21.4. The highest BCUT2D eigenvalue weighted by molar-refractivity contribution is 6.07. The Balaban J connectivity index is 1.68. The Kier molecular flexibility index (Phi) is 5.33. The van der Waals surface area contributed by atoms with E-state index in [1.54, 1.807) is 7.11 Å². The molecule has 2 aliphatic rings. The number of aromatic nitrogens is 3. The normalized spacial score (nSPS) is 19.2. The van der Waals surface area contributed by atoms with Crippen LogP contribution in [0.1, 0.15) is 28.4 Å². The number of carbonyl (C=O) groups excluding carboxylic acids is 1. The molecule has 0 spiro atoms. The third-order valence-electron chi connectivity index (χ3n) is 6.18. The summed E-state index contributed by atoms with van der Waals surface area (Å²) in [4.78, 5) is 20.4. The number of rotatable bonds is 4. The molecule has 0 radical (unpaired) electrons. The minimum Gasteiger partial charge on any atom is -0.497 e. The first-order chi connectivity index (χ1) is 15.2. The fraction of sp³-hybridized carbons (Fsp3) is 0.435. The molecule has 0 aliphatic carbocycles. The number of amides is 1. The second-order valence-corrected chi connectivity index (χ2v) is 8.09. The standard InChI is InChI=1S/C23H27N5O3/c1-27-22-20(21(26-27)16-7-8-24-14-16)18(23(29)28-9-11-31-12-10-28)13-19(25-22)15-3-5-17(30-2)6-4-15/h3-6,13,16,24H,7-12,14H2,1-2H3. The summed E-state index contributed by atoms with van der Waals surface area (Å²) >= 11 is 0. The largest absolute Gasteiger partial charge is 0.497 e. The first kappa shape index (κ1) is 20.0. The van der Waals surface area contributed by atoms with E-state index in [1.807, 2.05) is 47.0 Å². The number of hydrogen-bond donors (Lipinski definition) is 1. The molecule has 2 saturated heterocycles. The fourth-order valence-electron chi connectivity index (χ4n) is 4.47. The zero-order valence-corrected chi connectivity index (χ0v) is 17.9. The average molecular weight is 422 g/mol. The first-order valence-electron chi connectivity index (χ1n) is 10.8. The average Bonchev–Trinajstić information content (AvgIpc) is 3.47. The molecule has 5 rings (SSSR count). The summed E-state index contributed by atoms with van der Waals surface area (Å²) in [6.07, 6.45) is 1.01. The van der Waals surface area contributed by atoms with Gasteiger partial charge in [0.25, 0.3) is 5.91 Å². The maximum atomic E-state index is 13.6. The Bertz CT molecular complexity index is 1100. The third-order valence-corrected chi connectivity index (χ3v) is 6.18. The molecule has 1 N–H and O–H groups in total. The van der Waals surface area contributed by atoms with E-state index in [0.29, 0.717) is 31.9 Å². The van der Waals surface area contributed by atoms with Gasteiger partial charge >= 0.3 is 0 Å². The van der Waals surface area contributed by atoms with Gasteiger partial charge in [-0.25, -0.2) is 4.98 Å². The summed E-state index contributed by atoms with van der Waals surface area (Å²) in [6.45, 7) is 4.17. The number of hydrogen-bond acceptors (Lipinski definition) is 6. The lowest BCUT2D eigenvalue weighted by Gasteiger charge is -2.27. The number of methoxy groups -OCH3 is 1. The maximum Gasteiger partial charge on any atom is 0.254 e. The number of aryl methyl sites for hydroxylation is 1. The molecule has 162 valence electrons. The van der Waals surface area contributed by atoms with Gasteiger partial charge in [-0.3, -0.25) is 9.48 Å². The minimum atomic E-state index is 0.0191. The monoisotopic (exact) mass is 421 g/mol. The van der Waals surface area contributed by atoms with Crippen LogP contribution in [-0.4, -0.2) is 72.1 Å². The van der Waals surface area contributed by atoms with E-state index in [-0.39, 0.29) is 11.8 Å². The molecule has 3 aromatic rings. The van der Waals surface area contributed by atoms with E-state index < -0.39 is 0 Å². The molecule has 4 heterocycles. The highest BCUT2D eigenvalue weighted by Gasteiger charge is 2.29. The van der Waals surface area contributed by atoms with Crippen molar-refractivity contribution >= 4 is 16.9 Å². The van der Waals surface area contributed by atoms with Crippen LogP contribution in [0.5, 0.6) is 5.75 Å². The molecule has 2 fully saturated rings. The summed E-state index contributed by atoms with van der Waals surface area (Å²) in [5.74, 6) is 1.09. The highest BCUT2D eigenvalue weighted by atomic mass is 16.5. The number of morpholine rings is 1. The number of nitrogens with one attached hydrogen (secondary N) is 1. The topological polar surface area (TPSA) is 81.5 Å². The molecule has 8 nitrogen and oxygen atoms in total. The van der Waals surface area contributed by atoms with Crippen molar-refractivity contribution in [3.8, 4) is 17.0 Å². The lowest BCUT2D eigenvalue weighted by Crippen LogP contribution is -2.40. The lowest BCUT2D eigenvalue weighted by molar-refractivity contribution is 0.0304. The van der Waals surface area contributed by atoms with Gasteiger partial charge < -0.3 is 19.7 Å². The smallest absolute Gasteiger partial charge is 0.254 e. The van der Waals surface area contributed by atoms with E-state index >= 15 is 0 Å². The number of benzene rings is 1. The van der Waals surface area contributed by atoms with Crippen LogP contribution in [0.25, 0.3) is 22.3 Å². The van der Waals surface area contributed by atoms with Crippen LogP contribution < -0.4 is 10.1 Å². The van der Waals surface area contributed by atoms with E-state index in [9.17, 15) is 4.79 Å². The Labute approximate surface area is 181 Å². The summed E-state index contributed by atoms with van der Waals surface area (Å²) in [6, 6.07) is 9.67. The number of nitrogens with zero attached hydrogens (tertiary/aromatic N) is 4. The molecular weight excluding hydrogens is 394 g/mol. The molecule has 2 aliphatic heterocycles. The molecule has 1 atom stereocenters. The van der Waals surface area contributed by atoms with Gasteiger partial charge in [-0.2, -0.15) is 5.10 Å². The van der Waals surface area contributed by atoms with Crippen LogP contribution in [0.4, 0.5) is 0 Å². The van der Waals surface area contributed by atoms with Gasteiger partial charge in [-0.1, -0.05) is 0 Å². The van der Waals surface area contributed by atoms with Crippen LogP contribution in [0.15, 0.2) is 30.3 Å². The number of pyridine rings is 1. The molecule has 0 bridgehead atoms. The molecular formula is C23H27N5O3. The van der Waals surface area contributed by atoms with Gasteiger partial charge in [-0.05, 0) is 43.3 Å². The summed E-state index contributed by atoms with van der Waals surface area (Å²) in [5.41, 5.74) is 4.07. The van der Waals surface area contributed by atoms with Crippen LogP contribution in [0.3, 0.4) is 0 Å². The van der Waals surface area contributed by atoms with Gasteiger partial charge in [0.05, 0.1) is 42.7 Å². The van der Waals surface area contributed by atoms with E-state index in [4.69, 9.17) is 19.6 Å². The first-order valence-corrected chi connectivity index (χ1v) is 10.8. The number of fused-ring (bicyclic) bond motifs is 1. The predicted octanol–water partition coefficient (Wildman–Crippen LogP) is 2.19. The van der Waals surface area contributed by atoms with Crippen molar-refractivity contribution in [2.45, 2.75) is 12.3 Å². The SMILES string of the molecule is COc1ccc(-c2cc(C(=O)N3CCOCC3)c3c(C4CCNC4)nn(C)c3n2)cc1. The molecule has 1 aromatic carbocycles. The quantitative estimate of drug-likeness (QED) is 0.696. The van der Waals surface area contributed by atoms with Gasteiger partial charge in [0, 0.05) is 38.2 Å². The second-order valence-electron chi connectivity index (χ2n) is 8.09. The van der Waals surface area contributed by atoms with Crippen molar-refractivity contribution in [3.05, 3.63) is 41.6 Å².